The van der Waals surface area contributed by atoms with Crippen molar-refractivity contribution in [3.8, 4) is 0 Å². The van der Waals surface area contributed by atoms with Gasteiger partial charge in [0, 0.05) is 13.1 Å². The first-order chi connectivity index (χ1) is 7.97. The molecule has 5 heteroatoms. The van der Waals surface area contributed by atoms with E-state index in [1.807, 2.05) is 0 Å². The molecule has 0 bridgehead atoms. The van der Waals surface area contributed by atoms with E-state index < -0.39 is 11.9 Å². The van der Waals surface area contributed by atoms with Gasteiger partial charge in [0.05, 0.1) is 11.9 Å². The Kier molecular flexibility index (Phi) is 3.26. The lowest BCUT2D eigenvalue weighted by Crippen LogP contribution is -2.34. The molecule has 94 valence electrons. The van der Waals surface area contributed by atoms with E-state index in [4.69, 9.17) is 0 Å². The van der Waals surface area contributed by atoms with Crippen LogP contribution in [0.25, 0.3) is 0 Å². The summed E-state index contributed by atoms with van der Waals surface area (Å²) in [5.41, 5.74) is -0.0455. The topological polar surface area (TPSA) is 16.1 Å². The molecule has 1 atom stereocenters. The van der Waals surface area contributed by atoms with Crippen LogP contribution in [0.15, 0.2) is 18.3 Å². The molecule has 0 spiro atoms. The third-order valence-corrected chi connectivity index (χ3v) is 3.06. The number of aromatic nitrogens is 1. The van der Waals surface area contributed by atoms with Gasteiger partial charge in [-0.25, -0.2) is 4.98 Å². The summed E-state index contributed by atoms with van der Waals surface area (Å²) >= 11 is 0. The zero-order chi connectivity index (χ0) is 12.5. The molecule has 1 saturated heterocycles. The summed E-state index contributed by atoms with van der Waals surface area (Å²) in [7, 11) is 0. The van der Waals surface area contributed by atoms with Gasteiger partial charge in [0.15, 0.2) is 0 Å². The maximum absolute atomic E-state index is 12.3. The van der Waals surface area contributed by atoms with Crippen LogP contribution in [0.4, 0.5) is 18.9 Å². The Bertz CT molecular complexity index is 372. The van der Waals surface area contributed by atoms with Gasteiger partial charge in [0.2, 0.25) is 0 Å². The minimum Gasteiger partial charge on any atom is -0.370 e. The number of halogens is 3. The summed E-state index contributed by atoms with van der Waals surface area (Å²) in [5, 5.41) is 0. The monoisotopic (exact) mass is 244 g/mol. The zero-order valence-corrected chi connectivity index (χ0v) is 9.67. The quantitative estimate of drug-likeness (QED) is 0.753. The minimum absolute atomic E-state index is 0.589. The second kappa shape index (κ2) is 4.55. The SMILES string of the molecule is C[C@@H]1CCCN(c2ccc(C(F)(F)F)nc2)C1. The second-order valence-corrected chi connectivity index (χ2v) is 4.59. The second-order valence-electron chi connectivity index (χ2n) is 4.59. The van der Waals surface area contributed by atoms with Crippen molar-refractivity contribution in [2.24, 2.45) is 5.92 Å². The van der Waals surface area contributed by atoms with Gasteiger partial charge in [-0.15, -0.1) is 0 Å². The molecule has 0 radical (unpaired) electrons. The van der Waals surface area contributed by atoms with Crippen LogP contribution < -0.4 is 4.90 Å². The number of piperidine rings is 1. The van der Waals surface area contributed by atoms with Gasteiger partial charge < -0.3 is 4.90 Å². The molecule has 0 aromatic carbocycles. The predicted octanol–water partition coefficient (Wildman–Crippen LogP) is 3.34. The highest BCUT2D eigenvalue weighted by molar-refractivity contribution is 5.45. The van der Waals surface area contributed by atoms with Gasteiger partial charge in [0.25, 0.3) is 0 Å². The van der Waals surface area contributed by atoms with Crippen molar-refractivity contribution in [2.45, 2.75) is 25.9 Å². The maximum Gasteiger partial charge on any atom is 0.433 e. The molecule has 0 aliphatic carbocycles. The van der Waals surface area contributed by atoms with Crippen LogP contribution in [0.2, 0.25) is 0 Å². The van der Waals surface area contributed by atoms with Crippen LogP contribution in [-0.2, 0) is 6.18 Å². The first kappa shape index (κ1) is 12.2. The fourth-order valence-corrected chi connectivity index (χ4v) is 2.16. The van der Waals surface area contributed by atoms with Crippen molar-refractivity contribution in [3.63, 3.8) is 0 Å². The van der Waals surface area contributed by atoms with E-state index in [-0.39, 0.29) is 0 Å². The van der Waals surface area contributed by atoms with Crippen LogP contribution in [0.1, 0.15) is 25.5 Å². The molecule has 2 nitrogen and oxygen atoms in total. The Morgan fingerprint density at radius 2 is 2.12 bits per heavy atom. The Morgan fingerprint density at radius 3 is 2.65 bits per heavy atom. The molecule has 0 saturated carbocycles. The lowest BCUT2D eigenvalue weighted by atomic mass is 10.00. The molecule has 1 aliphatic heterocycles. The number of anilines is 1. The standard InChI is InChI=1S/C12H15F3N2/c1-9-3-2-6-17(8-9)10-4-5-11(16-7-10)12(13,14)15/h4-5,7,9H,2-3,6,8H2,1H3/t9-/m1/s1. The minimum atomic E-state index is -4.35. The number of hydrogen-bond donors (Lipinski definition) is 0. The molecule has 1 aliphatic rings. The van der Waals surface area contributed by atoms with Gasteiger partial charge in [0.1, 0.15) is 5.69 Å². The van der Waals surface area contributed by atoms with E-state index in [0.29, 0.717) is 5.92 Å². The normalized spacial score (nSPS) is 21.6. The Morgan fingerprint density at radius 1 is 1.35 bits per heavy atom. The van der Waals surface area contributed by atoms with Crippen LogP contribution in [0.3, 0.4) is 0 Å². The van der Waals surface area contributed by atoms with Gasteiger partial charge in [-0.1, -0.05) is 6.92 Å². The average molecular weight is 244 g/mol. The van der Waals surface area contributed by atoms with Crippen molar-refractivity contribution in [2.75, 3.05) is 18.0 Å². The molecule has 1 aromatic heterocycles. The van der Waals surface area contributed by atoms with Crippen molar-refractivity contribution < 1.29 is 13.2 Å². The molecule has 17 heavy (non-hydrogen) atoms. The third kappa shape index (κ3) is 2.90. The largest absolute Gasteiger partial charge is 0.433 e. The number of alkyl halides is 3. The molecule has 0 amide bonds. The number of pyridine rings is 1. The Hall–Kier alpha value is -1.26. The highest BCUT2D eigenvalue weighted by Crippen LogP contribution is 2.29. The van der Waals surface area contributed by atoms with E-state index in [1.54, 1.807) is 0 Å². The molecule has 1 fully saturated rings. The molecular formula is C12H15F3N2. The van der Waals surface area contributed by atoms with E-state index in [0.717, 1.165) is 31.3 Å². The van der Waals surface area contributed by atoms with Crippen LogP contribution in [0.5, 0.6) is 0 Å². The summed E-state index contributed by atoms with van der Waals surface area (Å²) in [6.45, 7) is 3.95. The highest BCUT2D eigenvalue weighted by atomic mass is 19.4. The van der Waals surface area contributed by atoms with Gasteiger partial charge in [-0.3, -0.25) is 0 Å². The number of hydrogen-bond acceptors (Lipinski definition) is 2. The van der Waals surface area contributed by atoms with E-state index >= 15 is 0 Å². The zero-order valence-electron chi connectivity index (χ0n) is 9.67. The van der Waals surface area contributed by atoms with Gasteiger partial charge >= 0.3 is 6.18 Å². The van der Waals surface area contributed by atoms with Crippen molar-refractivity contribution in [1.29, 1.82) is 0 Å². The van der Waals surface area contributed by atoms with Crippen LogP contribution in [-0.4, -0.2) is 18.1 Å². The molecule has 2 heterocycles. The molecule has 0 N–H and O–H groups in total. The maximum atomic E-state index is 12.3. The molecule has 1 aromatic rings. The van der Waals surface area contributed by atoms with Gasteiger partial charge in [-0.2, -0.15) is 13.2 Å². The van der Waals surface area contributed by atoms with Gasteiger partial charge in [-0.05, 0) is 30.9 Å². The molecular weight excluding hydrogens is 229 g/mol. The van der Waals surface area contributed by atoms with E-state index in [1.165, 1.54) is 18.7 Å². The fraction of sp³-hybridized carbons (Fsp3) is 0.583. The number of rotatable bonds is 1. The summed E-state index contributed by atoms with van der Waals surface area (Å²) < 4.78 is 37.0. The van der Waals surface area contributed by atoms with Crippen LogP contribution >= 0.6 is 0 Å². The summed E-state index contributed by atoms with van der Waals surface area (Å²) in [6, 6.07) is 2.56. The summed E-state index contributed by atoms with van der Waals surface area (Å²) in [6.07, 6.45) is -0.763. The molecule has 0 unspecified atom stereocenters. The molecule has 2 rings (SSSR count). The Labute approximate surface area is 98.5 Å². The smallest absolute Gasteiger partial charge is 0.370 e. The lowest BCUT2D eigenvalue weighted by Gasteiger charge is -2.32. The van der Waals surface area contributed by atoms with Crippen LogP contribution in [0, 0.1) is 5.92 Å². The summed E-state index contributed by atoms with van der Waals surface area (Å²) in [4.78, 5) is 5.58. The predicted molar refractivity (Wildman–Crippen MR) is 59.9 cm³/mol. The van der Waals surface area contributed by atoms with Crippen molar-refractivity contribution >= 4 is 5.69 Å². The Balaban J connectivity index is 2.12. The summed E-state index contributed by atoms with van der Waals surface area (Å²) in [5.74, 6) is 0.589. The average Bonchev–Trinajstić information content (AvgIpc) is 2.28. The first-order valence-electron chi connectivity index (χ1n) is 5.75. The third-order valence-electron chi connectivity index (χ3n) is 3.06. The van der Waals surface area contributed by atoms with Crippen molar-refractivity contribution in [3.05, 3.63) is 24.0 Å². The fourth-order valence-electron chi connectivity index (χ4n) is 2.16. The van der Waals surface area contributed by atoms with E-state index in [2.05, 4.69) is 16.8 Å². The lowest BCUT2D eigenvalue weighted by molar-refractivity contribution is -0.141. The van der Waals surface area contributed by atoms with Crippen molar-refractivity contribution in [1.82, 2.24) is 4.98 Å². The highest BCUT2D eigenvalue weighted by Gasteiger charge is 2.32. The van der Waals surface area contributed by atoms with E-state index in [9.17, 15) is 13.2 Å². The first-order valence-corrected chi connectivity index (χ1v) is 5.75. The number of nitrogens with zero attached hydrogens (tertiary/aromatic N) is 2.